The van der Waals surface area contributed by atoms with Gasteiger partial charge in [0.2, 0.25) is 5.91 Å². The molecular weight excluding hydrogens is 377 g/mol. The normalized spacial score (nSPS) is 11.9. The van der Waals surface area contributed by atoms with Crippen LogP contribution in [0.15, 0.2) is 29.3 Å². The molecule has 2 aromatic rings. The molecule has 0 aliphatic heterocycles. The van der Waals surface area contributed by atoms with E-state index < -0.39 is 23.7 Å². The number of carbonyl (C=O) groups is 2. The van der Waals surface area contributed by atoms with Gasteiger partial charge in [-0.25, -0.2) is 9.37 Å². The minimum Gasteiger partial charge on any atom is -0.388 e. The van der Waals surface area contributed by atoms with Crippen molar-refractivity contribution in [1.82, 2.24) is 4.98 Å². The standard InChI is InChI=1S/C19H24FN7O2/c1-4-14(17(22)29)26-19-13(20)8-12(16(21)28)18(27-19)25-11-5-6-15(24-3)10(7-11)9-23-2/h5-9,14,24H,4H2,1-3H3,(H2,21,28)(H2,22,29)(H2,25,26,27)/t14-/m1/s1. The molecule has 0 fully saturated rings. The second kappa shape index (κ2) is 9.49. The number of aromatic nitrogens is 1. The number of nitrogens with zero attached hydrogens (tertiary/aromatic N) is 2. The van der Waals surface area contributed by atoms with Crippen molar-refractivity contribution in [2.24, 2.45) is 16.5 Å². The molecule has 1 aromatic carbocycles. The first-order valence-corrected chi connectivity index (χ1v) is 8.87. The highest BCUT2D eigenvalue weighted by Gasteiger charge is 2.20. The highest BCUT2D eigenvalue weighted by Crippen LogP contribution is 2.26. The van der Waals surface area contributed by atoms with E-state index in [1.807, 2.05) is 6.07 Å². The van der Waals surface area contributed by atoms with Crippen LogP contribution in [0.2, 0.25) is 0 Å². The molecule has 1 atom stereocenters. The highest BCUT2D eigenvalue weighted by atomic mass is 19.1. The van der Waals surface area contributed by atoms with Crippen LogP contribution in [0, 0.1) is 5.82 Å². The van der Waals surface area contributed by atoms with Gasteiger partial charge in [-0.15, -0.1) is 0 Å². The van der Waals surface area contributed by atoms with Gasteiger partial charge in [-0.2, -0.15) is 0 Å². The highest BCUT2D eigenvalue weighted by molar-refractivity contribution is 5.99. The molecule has 2 amide bonds. The van der Waals surface area contributed by atoms with Crippen LogP contribution < -0.4 is 27.4 Å². The lowest BCUT2D eigenvalue weighted by Crippen LogP contribution is -2.35. The van der Waals surface area contributed by atoms with E-state index in [2.05, 4.69) is 25.9 Å². The number of nitrogens with two attached hydrogens (primary N) is 2. The molecule has 0 bridgehead atoms. The maximum Gasteiger partial charge on any atom is 0.252 e. The van der Waals surface area contributed by atoms with Crippen molar-refractivity contribution in [3.8, 4) is 0 Å². The average Bonchev–Trinajstić information content (AvgIpc) is 2.68. The minimum atomic E-state index is -0.852. The van der Waals surface area contributed by atoms with Gasteiger partial charge in [0.05, 0.1) is 5.56 Å². The van der Waals surface area contributed by atoms with Gasteiger partial charge in [0, 0.05) is 37.2 Å². The van der Waals surface area contributed by atoms with E-state index >= 15 is 0 Å². The third-order valence-corrected chi connectivity index (χ3v) is 4.16. The lowest BCUT2D eigenvalue weighted by molar-refractivity contribution is -0.118. The average molecular weight is 401 g/mol. The summed E-state index contributed by atoms with van der Waals surface area (Å²) in [5.74, 6) is -2.50. The number of hydrogen-bond donors (Lipinski definition) is 5. The number of hydrogen-bond acceptors (Lipinski definition) is 7. The number of primary amides is 2. The van der Waals surface area contributed by atoms with Crippen molar-refractivity contribution in [3.05, 3.63) is 41.2 Å². The number of benzene rings is 1. The summed E-state index contributed by atoms with van der Waals surface area (Å²) in [5.41, 5.74) is 12.8. The lowest BCUT2D eigenvalue weighted by Gasteiger charge is -2.17. The number of halogens is 1. The predicted molar refractivity (Wildman–Crippen MR) is 112 cm³/mol. The van der Waals surface area contributed by atoms with E-state index in [1.54, 1.807) is 39.4 Å². The maximum atomic E-state index is 14.4. The van der Waals surface area contributed by atoms with Crippen molar-refractivity contribution in [2.75, 3.05) is 30.0 Å². The molecule has 0 aliphatic rings. The fraction of sp³-hybridized carbons (Fsp3) is 0.263. The molecule has 1 aromatic heterocycles. The molecule has 2 rings (SSSR count). The van der Waals surface area contributed by atoms with E-state index in [-0.39, 0.29) is 17.2 Å². The second-order valence-corrected chi connectivity index (χ2v) is 6.15. The maximum absolute atomic E-state index is 14.4. The van der Waals surface area contributed by atoms with E-state index in [1.165, 1.54) is 0 Å². The first-order chi connectivity index (χ1) is 13.8. The van der Waals surface area contributed by atoms with Gasteiger partial charge in [-0.3, -0.25) is 14.6 Å². The molecule has 0 spiro atoms. The van der Waals surface area contributed by atoms with Crippen LogP contribution in [0.3, 0.4) is 0 Å². The number of aliphatic imine (C=N–C) groups is 1. The summed E-state index contributed by atoms with van der Waals surface area (Å²) < 4.78 is 14.4. The summed E-state index contributed by atoms with van der Waals surface area (Å²) in [7, 11) is 3.43. The quantitative estimate of drug-likeness (QED) is 0.405. The van der Waals surface area contributed by atoms with Crippen molar-refractivity contribution >= 4 is 41.0 Å². The molecule has 0 radical (unpaired) electrons. The molecule has 0 saturated carbocycles. The summed E-state index contributed by atoms with van der Waals surface area (Å²) >= 11 is 0. The summed E-state index contributed by atoms with van der Waals surface area (Å²) in [6.07, 6.45) is 2.00. The summed E-state index contributed by atoms with van der Waals surface area (Å²) in [6, 6.07) is 5.49. The number of amides is 2. The molecule has 1 heterocycles. The zero-order chi connectivity index (χ0) is 21.6. The van der Waals surface area contributed by atoms with Crippen LogP contribution in [0.4, 0.5) is 27.4 Å². The molecule has 9 nitrogen and oxygen atoms in total. The first-order valence-electron chi connectivity index (χ1n) is 8.87. The van der Waals surface area contributed by atoms with Gasteiger partial charge in [-0.05, 0) is 30.7 Å². The van der Waals surface area contributed by atoms with Crippen LogP contribution in [-0.4, -0.2) is 43.2 Å². The molecule has 10 heteroatoms. The Morgan fingerprint density at radius 1 is 1.28 bits per heavy atom. The smallest absolute Gasteiger partial charge is 0.252 e. The molecule has 0 unspecified atom stereocenters. The van der Waals surface area contributed by atoms with Crippen molar-refractivity contribution in [2.45, 2.75) is 19.4 Å². The topological polar surface area (TPSA) is 148 Å². The van der Waals surface area contributed by atoms with Crippen LogP contribution in [0.25, 0.3) is 0 Å². The Bertz CT molecular complexity index is 946. The van der Waals surface area contributed by atoms with Crippen molar-refractivity contribution < 1.29 is 14.0 Å². The first kappa shape index (κ1) is 21.6. The number of carbonyl (C=O) groups excluding carboxylic acids is 2. The molecule has 7 N–H and O–H groups in total. The van der Waals surface area contributed by atoms with Gasteiger partial charge in [-0.1, -0.05) is 6.92 Å². The summed E-state index contributed by atoms with van der Waals surface area (Å²) in [5, 5.41) is 8.67. The Morgan fingerprint density at radius 2 is 2.00 bits per heavy atom. The third kappa shape index (κ3) is 5.18. The number of nitrogens with one attached hydrogen (secondary N) is 3. The van der Waals surface area contributed by atoms with Crippen LogP contribution in [0.1, 0.15) is 29.3 Å². The zero-order valence-electron chi connectivity index (χ0n) is 16.4. The Labute approximate surface area is 167 Å². The van der Waals surface area contributed by atoms with Crippen LogP contribution in [0.5, 0.6) is 0 Å². The van der Waals surface area contributed by atoms with Crippen LogP contribution >= 0.6 is 0 Å². The van der Waals surface area contributed by atoms with Crippen molar-refractivity contribution in [1.29, 1.82) is 0 Å². The Morgan fingerprint density at radius 3 is 2.55 bits per heavy atom. The zero-order valence-corrected chi connectivity index (χ0v) is 16.4. The summed E-state index contributed by atoms with van der Waals surface area (Å²) in [4.78, 5) is 31.4. The Hall–Kier alpha value is -3.69. The molecule has 0 aliphatic carbocycles. The fourth-order valence-electron chi connectivity index (χ4n) is 2.66. The SMILES string of the molecule is CC[C@@H](Nc1nc(Nc2ccc(NC)c(C=NC)c2)c(C(N)=O)cc1F)C(N)=O. The molecular formula is C19H24FN7O2. The van der Waals surface area contributed by atoms with Crippen molar-refractivity contribution in [3.63, 3.8) is 0 Å². The Balaban J connectivity index is 2.47. The van der Waals surface area contributed by atoms with E-state index in [0.717, 1.165) is 17.3 Å². The fourth-order valence-corrected chi connectivity index (χ4v) is 2.66. The van der Waals surface area contributed by atoms with Gasteiger partial charge < -0.3 is 27.4 Å². The van der Waals surface area contributed by atoms with E-state index in [0.29, 0.717) is 12.1 Å². The number of anilines is 4. The van der Waals surface area contributed by atoms with Gasteiger partial charge in [0.15, 0.2) is 11.6 Å². The molecule has 154 valence electrons. The van der Waals surface area contributed by atoms with E-state index in [4.69, 9.17) is 11.5 Å². The largest absolute Gasteiger partial charge is 0.388 e. The van der Waals surface area contributed by atoms with Gasteiger partial charge in [0.25, 0.3) is 5.91 Å². The molecule has 0 saturated heterocycles. The summed E-state index contributed by atoms with van der Waals surface area (Å²) in [6.45, 7) is 1.72. The van der Waals surface area contributed by atoms with Gasteiger partial charge in [0.1, 0.15) is 11.9 Å². The minimum absolute atomic E-state index is 0.0392. The Kier molecular flexibility index (Phi) is 7.07. The lowest BCUT2D eigenvalue weighted by atomic mass is 10.1. The number of pyridine rings is 1. The molecule has 29 heavy (non-hydrogen) atoms. The number of rotatable bonds is 9. The van der Waals surface area contributed by atoms with E-state index in [9.17, 15) is 14.0 Å². The van der Waals surface area contributed by atoms with Gasteiger partial charge >= 0.3 is 0 Å². The monoisotopic (exact) mass is 401 g/mol. The van der Waals surface area contributed by atoms with Crippen LogP contribution in [-0.2, 0) is 4.79 Å². The predicted octanol–water partition coefficient (Wildman–Crippen LogP) is 1.83. The second-order valence-electron chi connectivity index (χ2n) is 6.15. The third-order valence-electron chi connectivity index (χ3n) is 4.16.